The fraction of sp³-hybridized carbons (Fsp3) is 0.0833. The number of thioether (sulfide) groups is 1. The molecule has 2 aromatic heterocycles. The summed E-state index contributed by atoms with van der Waals surface area (Å²) in [5.74, 6) is 0.301. The predicted molar refractivity (Wildman–Crippen MR) is 82.5 cm³/mol. The zero-order valence-electron chi connectivity index (χ0n) is 11.0. The lowest BCUT2D eigenvalue weighted by atomic mass is 10.2. The standard InChI is InChI=1S/C12H9BrN6O2S/c13-9-4-2-1-3-8(9)11-16-17-12(21-11)22-5-10(20)18-19-6-14-15-7-19/h1-4,6-7H,5H2,(H,18,20). The molecule has 3 rings (SSSR count). The van der Waals surface area contributed by atoms with Gasteiger partial charge in [0, 0.05) is 4.47 Å². The van der Waals surface area contributed by atoms with Crippen LogP contribution in [-0.4, -0.2) is 36.7 Å². The lowest BCUT2D eigenvalue weighted by Crippen LogP contribution is -2.23. The van der Waals surface area contributed by atoms with Crippen LogP contribution < -0.4 is 5.43 Å². The highest BCUT2D eigenvalue weighted by Gasteiger charge is 2.13. The fourth-order valence-corrected chi connectivity index (χ4v) is 2.58. The average molecular weight is 381 g/mol. The number of carbonyl (C=O) groups is 1. The number of rotatable bonds is 5. The molecule has 10 heteroatoms. The summed E-state index contributed by atoms with van der Waals surface area (Å²) < 4.78 is 7.76. The lowest BCUT2D eigenvalue weighted by Gasteiger charge is -2.02. The van der Waals surface area contributed by atoms with Gasteiger partial charge in [-0.3, -0.25) is 10.2 Å². The van der Waals surface area contributed by atoms with Gasteiger partial charge >= 0.3 is 0 Å². The Balaban J connectivity index is 1.60. The highest BCUT2D eigenvalue weighted by molar-refractivity contribution is 9.10. The van der Waals surface area contributed by atoms with E-state index in [1.807, 2.05) is 24.3 Å². The Morgan fingerprint density at radius 2 is 2.05 bits per heavy atom. The van der Waals surface area contributed by atoms with Crippen molar-refractivity contribution >= 4 is 33.6 Å². The second kappa shape index (κ2) is 6.71. The molecule has 0 aliphatic rings. The topological polar surface area (TPSA) is 98.7 Å². The van der Waals surface area contributed by atoms with Gasteiger partial charge in [0.1, 0.15) is 12.7 Å². The van der Waals surface area contributed by atoms with E-state index in [-0.39, 0.29) is 11.7 Å². The predicted octanol–water partition coefficient (Wildman–Crippen LogP) is 1.95. The Bertz CT molecular complexity index is 776. The first kappa shape index (κ1) is 14.7. The Morgan fingerprint density at radius 3 is 2.82 bits per heavy atom. The summed E-state index contributed by atoms with van der Waals surface area (Å²) in [4.78, 5) is 11.7. The van der Waals surface area contributed by atoms with Gasteiger partial charge in [-0.2, -0.15) is 0 Å². The van der Waals surface area contributed by atoms with E-state index in [4.69, 9.17) is 4.42 Å². The summed E-state index contributed by atoms with van der Waals surface area (Å²) in [6, 6.07) is 7.53. The van der Waals surface area contributed by atoms with Crippen LogP contribution in [0.3, 0.4) is 0 Å². The third kappa shape index (κ3) is 3.52. The van der Waals surface area contributed by atoms with Crippen LogP contribution in [0.1, 0.15) is 0 Å². The van der Waals surface area contributed by atoms with Crippen molar-refractivity contribution in [1.29, 1.82) is 0 Å². The first-order chi connectivity index (χ1) is 10.7. The highest BCUT2D eigenvalue weighted by Crippen LogP contribution is 2.28. The molecular weight excluding hydrogens is 372 g/mol. The van der Waals surface area contributed by atoms with Gasteiger partial charge in [0.05, 0.1) is 11.3 Å². The van der Waals surface area contributed by atoms with Gasteiger partial charge in [-0.05, 0) is 28.1 Å². The Kier molecular flexibility index (Phi) is 4.49. The summed E-state index contributed by atoms with van der Waals surface area (Å²) in [6.45, 7) is 0. The molecule has 0 saturated heterocycles. The second-order valence-corrected chi connectivity index (χ2v) is 5.83. The van der Waals surface area contributed by atoms with Crippen molar-refractivity contribution in [3.63, 3.8) is 0 Å². The molecule has 3 aromatic rings. The number of nitrogens with one attached hydrogen (secondary N) is 1. The quantitative estimate of drug-likeness (QED) is 0.675. The monoisotopic (exact) mass is 380 g/mol. The summed E-state index contributed by atoms with van der Waals surface area (Å²) in [7, 11) is 0. The van der Waals surface area contributed by atoms with Crippen LogP contribution in [0.4, 0.5) is 0 Å². The van der Waals surface area contributed by atoms with Crippen LogP contribution >= 0.6 is 27.7 Å². The van der Waals surface area contributed by atoms with Crippen LogP contribution in [0.15, 0.2) is 51.0 Å². The first-order valence-corrected chi connectivity index (χ1v) is 7.86. The largest absolute Gasteiger partial charge is 0.411 e. The molecule has 0 aliphatic heterocycles. The van der Waals surface area contributed by atoms with Crippen LogP contribution in [0, 0.1) is 0 Å². The molecule has 0 fully saturated rings. The van der Waals surface area contributed by atoms with Gasteiger partial charge in [-0.1, -0.05) is 23.9 Å². The van der Waals surface area contributed by atoms with Crippen molar-refractivity contribution in [2.75, 3.05) is 11.2 Å². The molecular formula is C12H9BrN6O2S. The summed E-state index contributed by atoms with van der Waals surface area (Å²) in [5, 5.41) is 15.4. The second-order valence-electron chi connectivity index (χ2n) is 4.05. The number of aromatic nitrogens is 5. The zero-order chi connectivity index (χ0) is 15.4. The highest BCUT2D eigenvalue weighted by atomic mass is 79.9. The van der Waals surface area contributed by atoms with Crippen LogP contribution in [0.2, 0.25) is 0 Å². The number of amides is 1. The molecule has 1 amide bonds. The van der Waals surface area contributed by atoms with Crippen LogP contribution in [0.5, 0.6) is 0 Å². The molecule has 2 heterocycles. The summed E-state index contributed by atoms with van der Waals surface area (Å²) >= 11 is 4.57. The van der Waals surface area contributed by atoms with Crippen molar-refractivity contribution in [3.8, 4) is 11.5 Å². The number of carbonyl (C=O) groups excluding carboxylic acids is 1. The Morgan fingerprint density at radius 1 is 1.27 bits per heavy atom. The van der Waals surface area contributed by atoms with E-state index in [9.17, 15) is 4.79 Å². The third-order valence-electron chi connectivity index (χ3n) is 2.51. The van der Waals surface area contributed by atoms with Crippen molar-refractivity contribution in [1.82, 2.24) is 25.1 Å². The van der Waals surface area contributed by atoms with E-state index in [2.05, 4.69) is 41.8 Å². The first-order valence-electron chi connectivity index (χ1n) is 6.08. The number of benzene rings is 1. The number of hydrogen-bond donors (Lipinski definition) is 1. The van der Waals surface area contributed by atoms with Gasteiger partial charge in [-0.15, -0.1) is 20.4 Å². The van der Waals surface area contributed by atoms with Gasteiger partial charge in [-0.25, -0.2) is 4.68 Å². The van der Waals surface area contributed by atoms with Crippen molar-refractivity contribution in [2.45, 2.75) is 5.22 Å². The van der Waals surface area contributed by atoms with E-state index in [1.54, 1.807) is 0 Å². The normalized spacial score (nSPS) is 10.6. The van der Waals surface area contributed by atoms with Crippen molar-refractivity contribution in [3.05, 3.63) is 41.4 Å². The molecule has 0 aliphatic carbocycles. The van der Waals surface area contributed by atoms with Gasteiger partial charge in [0.25, 0.3) is 5.22 Å². The maximum Gasteiger partial charge on any atom is 0.277 e. The molecule has 0 bridgehead atoms. The maximum atomic E-state index is 11.7. The van der Waals surface area contributed by atoms with Crippen molar-refractivity contribution < 1.29 is 9.21 Å². The van der Waals surface area contributed by atoms with Gasteiger partial charge in [0.2, 0.25) is 11.8 Å². The van der Waals surface area contributed by atoms with Crippen LogP contribution in [-0.2, 0) is 4.79 Å². The lowest BCUT2D eigenvalue weighted by molar-refractivity contribution is -0.114. The van der Waals surface area contributed by atoms with Gasteiger partial charge in [0.15, 0.2) is 0 Å². The fourth-order valence-electron chi connectivity index (χ4n) is 1.57. The molecule has 112 valence electrons. The number of hydrogen-bond acceptors (Lipinski definition) is 7. The molecule has 1 N–H and O–H groups in total. The van der Waals surface area contributed by atoms with E-state index >= 15 is 0 Å². The molecule has 0 spiro atoms. The van der Waals surface area contributed by atoms with Gasteiger partial charge < -0.3 is 4.42 Å². The maximum absolute atomic E-state index is 11.7. The average Bonchev–Trinajstić information content (AvgIpc) is 3.17. The third-order valence-corrected chi connectivity index (χ3v) is 4.02. The van der Waals surface area contributed by atoms with E-state index in [0.29, 0.717) is 11.1 Å². The van der Waals surface area contributed by atoms with E-state index in [0.717, 1.165) is 21.8 Å². The summed E-state index contributed by atoms with van der Waals surface area (Å²) in [6.07, 6.45) is 2.78. The molecule has 8 nitrogen and oxygen atoms in total. The molecule has 1 aromatic carbocycles. The Hall–Kier alpha value is -2.20. The molecule has 0 radical (unpaired) electrons. The number of halogens is 1. The zero-order valence-corrected chi connectivity index (χ0v) is 13.4. The molecule has 0 unspecified atom stereocenters. The van der Waals surface area contributed by atoms with E-state index < -0.39 is 0 Å². The minimum Gasteiger partial charge on any atom is -0.411 e. The molecule has 0 saturated carbocycles. The van der Waals surface area contributed by atoms with E-state index in [1.165, 1.54) is 17.3 Å². The van der Waals surface area contributed by atoms with Crippen LogP contribution in [0.25, 0.3) is 11.5 Å². The minimum atomic E-state index is -0.231. The molecule has 0 atom stereocenters. The number of nitrogens with zero attached hydrogens (tertiary/aromatic N) is 5. The Labute approximate surface area is 137 Å². The minimum absolute atomic E-state index is 0.135. The van der Waals surface area contributed by atoms with Crippen molar-refractivity contribution in [2.24, 2.45) is 0 Å². The smallest absolute Gasteiger partial charge is 0.277 e. The SMILES string of the molecule is O=C(CSc1nnc(-c2ccccc2Br)o1)Nn1cnnc1. The molecule has 22 heavy (non-hydrogen) atoms. The summed E-state index contributed by atoms with van der Waals surface area (Å²) in [5.41, 5.74) is 3.38.